The van der Waals surface area contributed by atoms with Gasteiger partial charge in [0.1, 0.15) is 16.7 Å². The zero-order valence-electron chi connectivity index (χ0n) is 31.5. The molecule has 0 atom stereocenters. The summed E-state index contributed by atoms with van der Waals surface area (Å²) >= 11 is 0. The molecule has 0 saturated heterocycles. The van der Waals surface area contributed by atoms with E-state index in [9.17, 15) is 0 Å². The average Bonchev–Trinajstić information content (AvgIpc) is 3.95. The Kier molecular flexibility index (Phi) is 7.14. The second kappa shape index (κ2) is 12.7. The van der Waals surface area contributed by atoms with Gasteiger partial charge in [-0.1, -0.05) is 164 Å². The number of nitrogens with zero attached hydrogens (tertiary/aromatic N) is 1. The van der Waals surface area contributed by atoms with Gasteiger partial charge in [-0.25, -0.2) is 0 Å². The first kappa shape index (κ1) is 32.6. The second-order valence-electron chi connectivity index (χ2n) is 15.2. The van der Waals surface area contributed by atoms with Gasteiger partial charge in [0, 0.05) is 38.5 Å². The third-order valence-electron chi connectivity index (χ3n) is 12.1. The molecule has 0 unspecified atom stereocenters. The van der Waals surface area contributed by atoms with Gasteiger partial charge in [0.2, 0.25) is 0 Å². The number of benzene rings is 9. The molecule has 0 radical (unpaired) electrons. The predicted molar refractivity (Wildman–Crippen MR) is 238 cm³/mol. The van der Waals surface area contributed by atoms with E-state index in [0.717, 1.165) is 72.1 Å². The fraction of sp³-hybridized carbons (Fsp3) is 0.0182. The van der Waals surface area contributed by atoms with Crippen LogP contribution in [0.3, 0.4) is 0 Å². The van der Waals surface area contributed by atoms with E-state index in [0.29, 0.717) is 0 Å². The van der Waals surface area contributed by atoms with Gasteiger partial charge in [-0.05, 0) is 87.5 Å². The molecule has 0 bridgehead atoms. The predicted octanol–water partition coefficient (Wildman–Crippen LogP) is 15.0. The highest BCUT2D eigenvalue weighted by Gasteiger charge is 2.46. The molecule has 3 nitrogen and oxygen atoms in total. The van der Waals surface area contributed by atoms with Crippen molar-refractivity contribution in [2.24, 2.45) is 0 Å². The molecule has 272 valence electrons. The van der Waals surface area contributed by atoms with E-state index in [1.54, 1.807) is 0 Å². The molecule has 2 aromatic heterocycles. The quantitative estimate of drug-likeness (QED) is 0.170. The zero-order valence-corrected chi connectivity index (χ0v) is 31.5. The summed E-state index contributed by atoms with van der Waals surface area (Å²) in [6, 6.07) is 75.9. The van der Waals surface area contributed by atoms with Crippen LogP contribution in [-0.2, 0) is 5.41 Å². The lowest BCUT2D eigenvalue weighted by Crippen LogP contribution is -2.28. The number of hydrogen-bond donors (Lipinski definition) is 0. The first-order valence-corrected chi connectivity index (χ1v) is 19.8. The molecule has 2 heterocycles. The normalized spacial score (nSPS) is 13.0. The van der Waals surface area contributed by atoms with Gasteiger partial charge in [-0.2, -0.15) is 0 Å². The summed E-state index contributed by atoms with van der Waals surface area (Å²) in [6.07, 6.45) is 0. The Morgan fingerprint density at radius 3 is 1.67 bits per heavy atom. The van der Waals surface area contributed by atoms with E-state index in [1.807, 2.05) is 6.07 Å². The van der Waals surface area contributed by atoms with Crippen LogP contribution in [0.15, 0.2) is 221 Å². The Bertz CT molecular complexity index is 3250. The highest BCUT2D eigenvalue weighted by molar-refractivity contribution is 6.24. The summed E-state index contributed by atoms with van der Waals surface area (Å²) in [6.45, 7) is 0. The lowest BCUT2D eigenvalue weighted by Gasteiger charge is -2.34. The van der Waals surface area contributed by atoms with Crippen LogP contribution in [0.5, 0.6) is 0 Å². The fourth-order valence-electron chi connectivity index (χ4n) is 9.75. The molecule has 12 rings (SSSR count). The Hall–Kier alpha value is -7.62. The van der Waals surface area contributed by atoms with Crippen molar-refractivity contribution in [3.63, 3.8) is 0 Å². The van der Waals surface area contributed by atoms with Gasteiger partial charge in [-0.15, -0.1) is 0 Å². The second-order valence-corrected chi connectivity index (χ2v) is 15.2. The molecule has 9 aromatic carbocycles. The molecule has 0 aliphatic heterocycles. The van der Waals surface area contributed by atoms with Crippen molar-refractivity contribution in [2.45, 2.75) is 5.41 Å². The fourth-order valence-corrected chi connectivity index (χ4v) is 9.75. The summed E-state index contributed by atoms with van der Waals surface area (Å²) in [7, 11) is 0. The molecule has 0 saturated carbocycles. The van der Waals surface area contributed by atoms with Crippen molar-refractivity contribution in [3.8, 4) is 22.3 Å². The van der Waals surface area contributed by atoms with Gasteiger partial charge in [0.05, 0.1) is 11.1 Å². The van der Waals surface area contributed by atoms with Gasteiger partial charge >= 0.3 is 0 Å². The minimum absolute atomic E-state index is 0.539. The number of hydrogen-bond acceptors (Lipinski definition) is 3. The highest BCUT2D eigenvalue weighted by atomic mass is 16.3. The minimum Gasteiger partial charge on any atom is -0.456 e. The highest BCUT2D eigenvalue weighted by Crippen LogP contribution is 2.57. The van der Waals surface area contributed by atoms with Gasteiger partial charge in [0.15, 0.2) is 5.58 Å². The summed E-state index contributed by atoms with van der Waals surface area (Å²) in [5, 5.41) is 4.16. The first-order chi connectivity index (χ1) is 28.8. The molecule has 58 heavy (non-hydrogen) atoms. The summed E-state index contributed by atoms with van der Waals surface area (Å²) in [5.41, 5.74) is 15.5. The molecule has 0 amide bonds. The molecular weight excluding hydrogens is 707 g/mol. The standard InChI is InChI=1S/C55H35NO2/c1-5-18-37(19-6-1)55(38-20-7-2-8-21-38)46-29-15-13-26-41(46)42-33-32-36(34-47(42)55)51-52-44-27-14-16-31-49(44)57-50(52)35-45-43-28-17-30-48(53(43)58-54(45)51)56(39-22-9-3-10-23-39)40-24-11-4-12-25-40/h1-35H. The van der Waals surface area contributed by atoms with E-state index in [2.05, 4.69) is 211 Å². The van der Waals surface area contributed by atoms with Crippen LogP contribution >= 0.6 is 0 Å². The smallest absolute Gasteiger partial charge is 0.159 e. The zero-order chi connectivity index (χ0) is 38.2. The lowest BCUT2D eigenvalue weighted by molar-refractivity contribution is 0.664. The summed E-state index contributed by atoms with van der Waals surface area (Å²) < 4.78 is 14.1. The van der Waals surface area contributed by atoms with E-state index in [-0.39, 0.29) is 0 Å². The summed E-state index contributed by atoms with van der Waals surface area (Å²) in [4.78, 5) is 2.28. The Morgan fingerprint density at radius 2 is 0.966 bits per heavy atom. The third-order valence-corrected chi connectivity index (χ3v) is 12.1. The van der Waals surface area contributed by atoms with Crippen LogP contribution in [-0.4, -0.2) is 0 Å². The van der Waals surface area contributed by atoms with E-state index >= 15 is 0 Å². The number of anilines is 3. The number of furan rings is 2. The average molecular weight is 742 g/mol. The topological polar surface area (TPSA) is 29.5 Å². The van der Waals surface area contributed by atoms with Crippen molar-refractivity contribution in [1.82, 2.24) is 0 Å². The molecular formula is C55H35NO2. The van der Waals surface area contributed by atoms with Crippen molar-refractivity contribution in [3.05, 3.63) is 235 Å². The maximum absolute atomic E-state index is 7.34. The molecule has 1 aliphatic rings. The minimum atomic E-state index is -0.539. The summed E-state index contributed by atoms with van der Waals surface area (Å²) in [5.74, 6) is 0. The SMILES string of the molecule is c1ccc(N(c2ccccc2)c2cccc3c2oc2c(-c4ccc5c(c4)C(c4ccccc4)(c4ccccc4)c4ccccc4-5)c4c(cc23)oc2ccccc24)cc1. The molecule has 0 fully saturated rings. The Balaban J connectivity index is 1.19. The van der Waals surface area contributed by atoms with Crippen molar-refractivity contribution in [2.75, 3.05) is 4.90 Å². The van der Waals surface area contributed by atoms with Crippen molar-refractivity contribution in [1.29, 1.82) is 0 Å². The Morgan fingerprint density at radius 1 is 0.379 bits per heavy atom. The number of para-hydroxylation sites is 4. The van der Waals surface area contributed by atoms with Gasteiger partial charge in [-0.3, -0.25) is 0 Å². The van der Waals surface area contributed by atoms with E-state index in [4.69, 9.17) is 8.83 Å². The molecule has 0 spiro atoms. The van der Waals surface area contributed by atoms with Crippen LogP contribution in [0.2, 0.25) is 0 Å². The van der Waals surface area contributed by atoms with Crippen LogP contribution in [0.4, 0.5) is 17.1 Å². The maximum Gasteiger partial charge on any atom is 0.159 e. The van der Waals surface area contributed by atoms with Gasteiger partial charge in [0.25, 0.3) is 0 Å². The first-order valence-electron chi connectivity index (χ1n) is 19.8. The third kappa shape index (κ3) is 4.62. The number of fused-ring (bicyclic) bond motifs is 9. The van der Waals surface area contributed by atoms with Crippen LogP contribution in [0.25, 0.3) is 66.1 Å². The molecule has 1 aliphatic carbocycles. The molecule has 11 aromatic rings. The maximum atomic E-state index is 7.34. The van der Waals surface area contributed by atoms with E-state index < -0.39 is 5.41 Å². The van der Waals surface area contributed by atoms with Crippen LogP contribution in [0.1, 0.15) is 22.3 Å². The van der Waals surface area contributed by atoms with Crippen molar-refractivity contribution >= 4 is 60.9 Å². The van der Waals surface area contributed by atoms with Crippen LogP contribution < -0.4 is 4.90 Å². The molecule has 0 N–H and O–H groups in total. The molecule has 3 heteroatoms. The lowest BCUT2D eigenvalue weighted by atomic mass is 9.67. The van der Waals surface area contributed by atoms with E-state index in [1.165, 1.54) is 33.4 Å². The van der Waals surface area contributed by atoms with Crippen molar-refractivity contribution < 1.29 is 8.83 Å². The van der Waals surface area contributed by atoms with Gasteiger partial charge < -0.3 is 13.7 Å². The number of rotatable bonds is 6. The largest absolute Gasteiger partial charge is 0.456 e. The Labute approximate surface area is 335 Å². The monoisotopic (exact) mass is 741 g/mol. The van der Waals surface area contributed by atoms with Crippen LogP contribution in [0, 0.1) is 0 Å².